The summed E-state index contributed by atoms with van der Waals surface area (Å²) in [6, 6.07) is 4.48. The molecule has 0 spiro atoms. The Hall–Kier alpha value is -1.71. The van der Waals surface area contributed by atoms with Crippen LogP contribution in [0.1, 0.15) is 12.0 Å². The van der Waals surface area contributed by atoms with Gasteiger partial charge >= 0.3 is 0 Å². The van der Waals surface area contributed by atoms with Crippen LogP contribution in [0.3, 0.4) is 0 Å². The van der Waals surface area contributed by atoms with Gasteiger partial charge in [0.2, 0.25) is 0 Å². The average Bonchev–Trinajstić information content (AvgIpc) is 2.52. The molecule has 0 saturated carbocycles. The van der Waals surface area contributed by atoms with Gasteiger partial charge in [-0.3, -0.25) is 10.1 Å². The molecule has 0 radical (unpaired) electrons. The third kappa shape index (κ3) is 5.15. The molecule has 2 rings (SSSR count). The predicted octanol–water partition coefficient (Wildman–Crippen LogP) is 0.619. The Kier molecular flexibility index (Phi) is 5.91. The van der Waals surface area contributed by atoms with Crippen LogP contribution in [0.2, 0.25) is 0 Å². The summed E-state index contributed by atoms with van der Waals surface area (Å²) in [6.45, 7) is 2.20. The largest absolute Gasteiger partial charge is 0.392 e. The van der Waals surface area contributed by atoms with E-state index in [1.165, 1.54) is 12.1 Å². The standard InChI is InChI=1S/C14H21N3O5S/c18-11-12-2-3-14(17(19)20)13(10-12)15-4-1-5-16-6-8-23(21,22)9-7-16/h2-3,10,15,18H,1,4-9,11H2. The Morgan fingerprint density at radius 1 is 1.30 bits per heavy atom. The van der Waals surface area contributed by atoms with Crippen molar-refractivity contribution in [2.45, 2.75) is 13.0 Å². The van der Waals surface area contributed by atoms with Crippen molar-refractivity contribution < 1.29 is 18.4 Å². The second-order valence-electron chi connectivity index (χ2n) is 5.54. The number of hydrogen-bond acceptors (Lipinski definition) is 7. The fourth-order valence-corrected chi connectivity index (χ4v) is 3.76. The van der Waals surface area contributed by atoms with Crippen LogP contribution in [-0.2, 0) is 16.4 Å². The van der Waals surface area contributed by atoms with Crippen LogP contribution in [0.25, 0.3) is 0 Å². The lowest BCUT2D eigenvalue weighted by atomic mass is 10.2. The van der Waals surface area contributed by atoms with Crippen LogP contribution >= 0.6 is 0 Å². The third-order valence-corrected chi connectivity index (χ3v) is 5.45. The van der Waals surface area contributed by atoms with Crippen LogP contribution in [0.15, 0.2) is 18.2 Å². The van der Waals surface area contributed by atoms with Crippen molar-refractivity contribution in [3.63, 3.8) is 0 Å². The Balaban J connectivity index is 1.83. The van der Waals surface area contributed by atoms with Gasteiger partial charge in [0.25, 0.3) is 5.69 Å². The van der Waals surface area contributed by atoms with E-state index >= 15 is 0 Å². The van der Waals surface area contributed by atoms with Gasteiger partial charge in [0.05, 0.1) is 23.0 Å². The molecule has 9 heteroatoms. The van der Waals surface area contributed by atoms with E-state index in [0.29, 0.717) is 30.9 Å². The number of nitro groups is 1. The molecule has 1 saturated heterocycles. The summed E-state index contributed by atoms with van der Waals surface area (Å²) >= 11 is 0. The van der Waals surface area contributed by atoms with E-state index in [1.54, 1.807) is 6.07 Å². The second-order valence-corrected chi connectivity index (χ2v) is 7.84. The molecule has 8 nitrogen and oxygen atoms in total. The van der Waals surface area contributed by atoms with E-state index < -0.39 is 14.8 Å². The van der Waals surface area contributed by atoms with E-state index in [1.807, 2.05) is 0 Å². The fourth-order valence-electron chi connectivity index (χ4n) is 2.48. The molecular formula is C14H21N3O5S. The zero-order valence-electron chi connectivity index (χ0n) is 12.8. The molecule has 0 aliphatic carbocycles. The Morgan fingerprint density at radius 3 is 2.61 bits per heavy atom. The summed E-state index contributed by atoms with van der Waals surface area (Å²) in [7, 11) is -2.87. The number of anilines is 1. The summed E-state index contributed by atoms with van der Waals surface area (Å²) in [5.74, 6) is 0.398. The molecule has 0 bridgehead atoms. The molecule has 23 heavy (non-hydrogen) atoms. The first-order valence-electron chi connectivity index (χ1n) is 7.46. The number of nitrogens with one attached hydrogen (secondary N) is 1. The lowest BCUT2D eigenvalue weighted by Gasteiger charge is -2.26. The maximum atomic E-state index is 11.3. The van der Waals surface area contributed by atoms with E-state index in [4.69, 9.17) is 5.11 Å². The molecule has 1 heterocycles. The van der Waals surface area contributed by atoms with Crippen molar-refractivity contribution in [1.82, 2.24) is 4.90 Å². The van der Waals surface area contributed by atoms with E-state index in [9.17, 15) is 18.5 Å². The minimum absolute atomic E-state index is 0.0220. The van der Waals surface area contributed by atoms with Gasteiger partial charge in [0, 0.05) is 25.7 Å². The first-order chi connectivity index (χ1) is 10.9. The fraction of sp³-hybridized carbons (Fsp3) is 0.571. The number of nitro benzene ring substituents is 1. The molecule has 0 unspecified atom stereocenters. The highest BCUT2D eigenvalue weighted by molar-refractivity contribution is 7.91. The monoisotopic (exact) mass is 343 g/mol. The minimum atomic E-state index is -2.87. The van der Waals surface area contributed by atoms with Crippen molar-refractivity contribution in [2.24, 2.45) is 0 Å². The average molecular weight is 343 g/mol. The number of sulfone groups is 1. The van der Waals surface area contributed by atoms with Crippen molar-refractivity contribution in [3.8, 4) is 0 Å². The molecule has 1 aromatic carbocycles. The van der Waals surface area contributed by atoms with Gasteiger partial charge in [0.1, 0.15) is 5.69 Å². The normalized spacial score (nSPS) is 17.8. The quantitative estimate of drug-likeness (QED) is 0.424. The maximum Gasteiger partial charge on any atom is 0.292 e. The highest BCUT2D eigenvalue weighted by atomic mass is 32.2. The van der Waals surface area contributed by atoms with Crippen LogP contribution in [0.5, 0.6) is 0 Å². The summed E-state index contributed by atoms with van der Waals surface area (Å²) in [5, 5.41) is 23.1. The molecule has 1 aromatic rings. The second kappa shape index (κ2) is 7.71. The molecule has 0 amide bonds. The summed E-state index contributed by atoms with van der Waals surface area (Å²) in [6.07, 6.45) is 0.751. The minimum Gasteiger partial charge on any atom is -0.392 e. The highest BCUT2D eigenvalue weighted by Crippen LogP contribution is 2.25. The molecule has 1 fully saturated rings. The number of benzene rings is 1. The summed E-state index contributed by atoms with van der Waals surface area (Å²) in [5.41, 5.74) is 0.980. The summed E-state index contributed by atoms with van der Waals surface area (Å²) in [4.78, 5) is 12.6. The van der Waals surface area contributed by atoms with E-state index in [-0.39, 0.29) is 23.8 Å². The van der Waals surface area contributed by atoms with Crippen molar-refractivity contribution in [1.29, 1.82) is 0 Å². The maximum absolute atomic E-state index is 11.3. The van der Waals surface area contributed by atoms with Crippen LogP contribution in [-0.4, -0.2) is 61.0 Å². The molecule has 0 atom stereocenters. The van der Waals surface area contributed by atoms with Gasteiger partial charge in [-0.15, -0.1) is 0 Å². The Morgan fingerprint density at radius 2 is 2.00 bits per heavy atom. The summed E-state index contributed by atoms with van der Waals surface area (Å²) < 4.78 is 22.7. The topological polar surface area (TPSA) is 113 Å². The Labute approximate surface area is 135 Å². The van der Waals surface area contributed by atoms with Crippen LogP contribution in [0, 0.1) is 10.1 Å². The van der Waals surface area contributed by atoms with E-state index in [0.717, 1.165) is 13.0 Å². The first-order valence-corrected chi connectivity index (χ1v) is 9.28. The molecule has 128 valence electrons. The van der Waals surface area contributed by atoms with Crippen molar-refractivity contribution >= 4 is 21.2 Å². The van der Waals surface area contributed by atoms with Gasteiger partial charge in [-0.05, 0) is 30.7 Å². The highest BCUT2D eigenvalue weighted by Gasteiger charge is 2.21. The molecule has 0 aromatic heterocycles. The zero-order chi connectivity index (χ0) is 16.9. The van der Waals surface area contributed by atoms with Gasteiger partial charge in [-0.2, -0.15) is 0 Å². The van der Waals surface area contributed by atoms with Crippen molar-refractivity contribution in [3.05, 3.63) is 33.9 Å². The smallest absolute Gasteiger partial charge is 0.292 e. The number of aliphatic hydroxyl groups excluding tert-OH is 1. The van der Waals surface area contributed by atoms with Crippen molar-refractivity contribution in [2.75, 3.05) is 43.0 Å². The number of hydrogen-bond donors (Lipinski definition) is 2. The lowest BCUT2D eigenvalue weighted by molar-refractivity contribution is -0.384. The molecule has 1 aliphatic heterocycles. The predicted molar refractivity (Wildman–Crippen MR) is 87.2 cm³/mol. The van der Waals surface area contributed by atoms with Crippen LogP contribution in [0.4, 0.5) is 11.4 Å². The Bertz CT molecular complexity index is 648. The molecule has 1 aliphatic rings. The zero-order valence-corrected chi connectivity index (χ0v) is 13.6. The first kappa shape index (κ1) is 17.6. The number of nitrogens with zero attached hydrogens (tertiary/aromatic N) is 2. The van der Waals surface area contributed by atoms with Gasteiger partial charge in [-0.25, -0.2) is 8.42 Å². The molecular weight excluding hydrogens is 322 g/mol. The SMILES string of the molecule is O=[N+]([O-])c1ccc(CO)cc1NCCCN1CCS(=O)(=O)CC1. The van der Waals surface area contributed by atoms with Crippen LogP contribution < -0.4 is 5.32 Å². The molecule has 2 N–H and O–H groups in total. The van der Waals surface area contributed by atoms with Gasteiger partial charge in [-0.1, -0.05) is 0 Å². The van der Waals surface area contributed by atoms with Gasteiger partial charge in [0.15, 0.2) is 9.84 Å². The van der Waals surface area contributed by atoms with Gasteiger partial charge < -0.3 is 15.3 Å². The third-order valence-electron chi connectivity index (χ3n) is 3.84. The van der Waals surface area contributed by atoms with E-state index in [2.05, 4.69) is 10.2 Å². The number of rotatable bonds is 7. The number of aliphatic hydroxyl groups is 1. The lowest BCUT2D eigenvalue weighted by Crippen LogP contribution is -2.41.